The van der Waals surface area contributed by atoms with E-state index < -0.39 is 77.8 Å². The molecule has 2 N–H and O–H groups in total. The van der Waals surface area contributed by atoms with Crippen LogP contribution in [0, 0.1) is 29.6 Å². The van der Waals surface area contributed by atoms with E-state index in [4.69, 9.17) is 28.4 Å². The number of fused-ring (bicyclic) bond motifs is 3. The molecule has 1 amide bonds. The predicted molar refractivity (Wildman–Crippen MR) is 218 cm³/mol. The molecule has 0 spiro atoms. The van der Waals surface area contributed by atoms with Gasteiger partial charge in [-0.2, -0.15) is 0 Å². The van der Waals surface area contributed by atoms with Gasteiger partial charge in [0.25, 0.3) is 11.7 Å². The summed E-state index contributed by atoms with van der Waals surface area (Å²) < 4.78 is 35.5. The second-order valence-corrected chi connectivity index (χ2v) is 17.7. The summed E-state index contributed by atoms with van der Waals surface area (Å²) in [6.45, 7) is 12.6. The van der Waals surface area contributed by atoms with Crippen LogP contribution < -0.4 is 0 Å². The Hall–Kier alpha value is -3.01. The summed E-state index contributed by atoms with van der Waals surface area (Å²) in [5.41, 5.74) is 1.63. The maximum absolute atomic E-state index is 14.4. The van der Waals surface area contributed by atoms with Crippen molar-refractivity contribution in [1.29, 1.82) is 0 Å². The van der Waals surface area contributed by atoms with E-state index in [2.05, 4.69) is 0 Å². The second-order valence-electron chi connectivity index (χ2n) is 17.7. The molecule has 3 heterocycles. The molecule has 334 valence electrons. The molecule has 2 bridgehead atoms. The number of amides is 1. The standard InChI is InChI=1S/C45H71NO13/c1-11-32-19-25(2)18-26(3)20-38(55-9)41-39(56-10)22-28(5)45(53,59-41)42(50)43(51)46-17-13-12-14-33(46)44(52)58-40(29(6)34(48)24-35(32)49)27(4)21-31-15-16-36(57-30(7)47)37(23-31)54-8/h19,21,26,28-29,31-34,36-41,48,53H,11-18,20,22-24H2,1-10H3/b25-19+,27-21+/t26?,28-,29?,31+,32?,33+,34?,36?,37?,38?,39+,40-,41?,45-/m1/s1. The minimum atomic E-state index is -2.51. The lowest BCUT2D eigenvalue weighted by atomic mass is 9.81. The molecule has 8 unspecified atom stereocenters. The van der Waals surface area contributed by atoms with Gasteiger partial charge >= 0.3 is 11.9 Å². The highest BCUT2D eigenvalue weighted by Gasteiger charge is 2.56. The van der Waals surface area contributed by atoms with Gasteiger partial charge in [-0.15, -0.1) is 0 Å². The molecule has 4 aliphatic rings. The maximum Gasteiger partial charge on any atom is 0.329 e. The number of carbonyl (C=O) groups is 5. The number of carbonyl (C=O) groups excluding carboxylic acids is 5. The monoisotopic (exact) mass is 833 g/mol. The molecule has 0 radical (unpaired) electrons. The summed E-state index contributed by atoms with van der Waals surface area (Å²) >= 11 is 0. The van der Waals surface area contributed by atoms with Gasteiger partial charge in [0.15, 0.2) is 0 Å². The van der Waals surface area contributed by atoms with Gasteiger partial charge in [0.05, 0.1) is 24.4 Å². The molecule has 3 aliphatic heterocycles. The van der Waals surface area contributed by atoms with Crippen LogP contribution in [-0.2, 0) is 52.4 Å². The number of aliphatic hydroxyl groups is 2. The quantitative estimate of drug-likeness (QED) is 0.198. The van der Waals surface area contributed by atoms with E-state index in [1.165, 1.54) is 26.0 Å². The van der Waals surface area contributed by atoms with Gasteiger partial charge in [-0.05, 0) is 95.5 Å². The fourth-order valence-electron chi connectivity index (χ4n) is 9.72. The Kier molecular flexibility index (Phi) is 17.9. The first-order chi connectivity index (χ1) is 27.9. The van der Waals surface area contributed by atoms with Crippen LogP contribution in [0.15, 0.2) is 23.3 Å². The van der Waals surface area contributed by atoms with Gasteiger partial charge in [0, 0.05) is 59.0 Å². The molecule has 0 aromatic carbocycles. The lowest BCUT2D eigenvalue weighted by Gasteiger charge is -2.47. The Morgan fingerprint density at radius 3 is 2.20 bits per heavy atom. The minimum Gasteiger partial charge on any atom is -0.460 e. The normalized spacial score (nSPS) is 39.9. The zero-order valence-corrected chi connectivity index (χ0v) is 37.0. The fraction of sp³-hybridized carbons (Fsp3) is 0.800. The lowest BCUT2D eigenvalue weighted by molar-refractivity contribution is -0.302. The molecule has 14 atom stereocenters. The third kappa shape index (κ3) is 11.9. The lowest BCUT2D eigenvalue weighted by Crippen LogP contribution is -2.64. The summed E-state index contributed by atoms with van der Waals surface area (Å²) in [6.07, 6.45) is 3.73. The number of hydrogen-bond donors (Lipinski definition) is 2. The van der Waals surface area contributed by atoms with Crippen molar-refractivity contribution in [3.63, 3.8) is 0 Å². The Labute approximate surface area is 350 Å². The average molecular weight is 834 g/mol. The van der Waals surface area contributed by atoms with Crippen LogP contribution in [0.4, 0.5) is 0 Å². The molecule has 2 saturated heterocycles. The Balaban J connectivity index is 1.75. The molecular formula is C45H71NO13. The number of allylic oxidation sites excluding steroid dienone is 3. The van der Waals surface area contributed by atoms with Crippen LogP contribution in [0.2, 0.25) is 0 Å². The average Bonchev–Trinajstić information content (AvgIpc) is 3.20. The SMILES string of the molecule is CCC1/C=C(\C)CC(C)CC(OC)C2O[C@@](O)(C(=O)C(=O)N3CCCC[C@H]3C(=O)O[C@H](/C(C)=C/[C@@H]3CCC(OC(C)=O)C(OC)C3)C(C)C(O)CC1=O)[C@H](C)C[C@@H]2OC. The highest BCUT2D eigenvalue weighted by molar-refractivity contribution is 6.39. The first kappa shape index (κ1) is 48.7. The molecule has 1 aliphatic carbocycles. The number of methoxy groups -OCH3 is 3. The molecule has 0 aromatic heterocycles. The largest absolute Gasteiger partial charge is 0.460 e. The predicted octanol–water partition coefficient (Wildman–Crippen LogP) is 5.04. The van der Waals surface area contributed by atoms with Crippen LogP contribution in [0.25, 0.3) is 0 Å². The van der Waals surface area contributed by atoms with E-state index >= 15 is 0 Å². The van der Waals surface area contributed by atoms with E-state index in [0.29, 0.717) is 56.9 Å². The summed E-state index contributed by atoms with van der Waals surface area (Å²) in [4.78, 5) is 69.6. The number of aliphatic hydroxyl groups excluding tert-OH is 1. The second kappa shape index (κ2) is 21.7. The number of rotatable bonds is 7. The van der Waals surface area contributed by atoms with E-state index in [9.17, 15) is 34.2 Å². The topological polar surface area (TPSA) is 184 Å². The number of ether oxygens (including phenoxy) is 6. The minimum absolute atomic E-state index is 0.0260. The van der Waals surface area contributed by atoms with Gasteiger partial charge in [0.1, 0.15) is 30.1 Å². The van der Waals surface area contributed by atoms with E-state index in [-0.39, 0.29) is 61.6 Å². The van der Waals surface area contributed by atoms with Crippen molar-refractivity contribution >= 4 is 29.4 Å². The van der Waals surface area contributed by atoms with Crippen molar-refractivity contribution in [2.75, 3.05) is 27.9 Å². The van der Waals surface area contributed by atoms with Crippen molar-refractivity contribution in [2.45, 2.75) is 174 Å². The van der Waals surface area contributed by atoms with Crippen LogP contribution in [0.1, 0.15) is 119 Å². The van der Waals surface area contributed by atoms with E-state index in [0.717, 1.165) is 5.57 Å². The summed E-state index contributed by atoms with van der Waals surface area (Å²) in [7, 11) is 4.63. The molecule has 59 heavy (non-hydrogen) atoms. The maximum atomic E-state index is 14.4. The molecule has 14 nitrogen and oxygen atoms in total. The first-order valence-electron chi connectivity index (χ1n) is 21.7. The highest BCUT2D eigenvalue weighted by atomic mass is 16.7. The number of ketones is 2. The number of Topliss-reactive ketones (excluding diaryl/α,β-unsaturated/α-hetero) is 2. The van der Waals surface area contributed by atoms with E-state index in [1.54, 1.807) is 21.0 Å². The van der Waals surface area contributed by atoms with Crippen molar-refractivity contribution in [1.82, 2.24) is 4.90 Å². The van der Waals surface area contributed by atoms with E-state index in [1.807, 2.05) is 39.8 Å². The molecule has 4 rings (SSSR count). The van der Waals surface area contributed by atoms with Gasteiger partial charge in [-0.1, -0.05) is 45.4 Å². The summed E-state index contributed by atoms with van der Waals surface area (Å²) in [5.74, 6) is -8.04. The zero-order chi connectivity index (χ0) is 43.8. The van der Waals surface area contributed by atoms with Gasteiger partial charge in [-0.25, -0.2) is 4.79 Å². The summed E-state index contributed by atoms with van der Waals surface area (Å²) in [5, 5.41) is 23.8. The van der Waals surface area contributed by atoms with Crippen molar-refractivity contribution in [3.8, 4) is 0 Å². The number of esters is 2. The third-order valence-electron chi connectivity index (χ3n) is 13.2. The van der Waals surface area contributed by atoms with Crippen LogP contribution in [-0.4, -0.2) is 127 Å². The molecule has 0 aromatic rings. The fourth-order valence-corrected chi connectivity index (χ4v) is 9.72. The highest BCUT2D eigenvalue weighted by Crippen LogP contribution is 2.39. The van der Waals surface area contributed by atoms with Crippen LogP contribution in [0.3, 0.4) is 0 Å². The molecular weight excluding hydrogens is 762 g/mol. The van der Waals surface area contributed by atoms with Crippen molar-refractivity contribution in [2.24, 2.45) is 29.6 Å². The van der Waals surface area contributed by atoms with Gasteiger partial charge < -0.3 is 43.5 Å². The zero-order valence-electron chi connectivity index (χ0n) is 37.0. The van der Waals surface area contributed by atoms with Crippen LogP contribution >= 0.6 is 0 Å². The van der Waals surface area contributed by atoms with Gasteiger partial charge in [0.2, 0.25) is 5.79 Å². The smallest absolute Gasteiger partial charge is 0.329 e. The molecule has 14 heteroatoms. The Bertz CT molecular complexity index is 1540. The third-order valence-corrected chi connectivity index (χ3v) is 13.2. The van der Waals surface area contributed by atoms with Crippen molar-refractivity contribution in [3.05, 3.63) is 23.3 Å². The number of piperidine rings is 1. The van der Waals surface area contributed by atoms with Crippen LogP contribution in [0.5, 0.6) is 0 Å². The Morgan fingerprint density at radius 2 is 1.58 bits per heavy atom. The first-order valence-corrected chi connectivity index (χ1v) is 21.7. The molecule has 1 saturated carbocycles. The number of hydrogen-bond acceptors (Lipinski definition) is 13. The number of cyclic esters (lactones) is 1. The Morgan fingerprint density at radius 1 is 0.915 bits per heavy atom. The van der Waals surface area contributed by atoms with Crippen molar-refractivity contribution < 1.29 is 62.6 Å². The van der Waals surface area contributed by atoms with Gasteiger partial charge in [-0.3, -0.25) is 19.2 Å². The molecule has 3 fully saturated rings. The number of nitrogens with zero attached hydrogens (tertiary/aromatic N) is 1. The summed E-state index contributed by atoms with van der Waals surface area (Å²) in [6, 6.07) is -1.15.